The summed E-state index contributed by atoms with van der Waals surface area (Å²) in [4.78, 5) is 39.3. The number of aliphatic hydroxyl groups excluding tert-OH is 1. The molecule has 1 aromatic heterocycles. The molecule has 2 rings (SSSR count). The number of aliphatic hydroxyl groups is 1. The molecule has 1 amide bonds. The number of alkyl halides is 1. The molecule has 0 aromatic carbocycles. The number of amides is 1. The third-order valence-corrected chi connectivity index (χ3v) is 8.94. The quantitative estimate of drug-likeness (QED) is 0.211. The fourth-order valence-electron chi connectivity index (χ4n) is 3.92. The Bertz CT molecular complexity index is 1010. The first kappa shape index (κ1) is 34.7. The Balaban J connectivity index is 2.10. The summed E-state index contributed by atoms with van der Waals surface area (Å²) in [5, 5.41) is 12.5. The van der Waals surface area contributed by atoms with Gasteiger partial charge < -0.3 is 28.9 Å². The minimum Gasteiger partial charge on any atom is -0.394 e. The summed E-state index contributed by atoms with van der Waals surface area (Å²) in [6.45, 7) is 13.1. The zero-order valence-corrected chi connectivity index (χ0v) is 25.8. The van der Waals surface area contributed by atoms with E-state index >= 15 is 4.39 Å². The second kappa shape index (κ2) is 16.8. The van der Waals surface area contributed by atoms with E-state index < -0.39 is 51.3 Å². The Hall–Kier alpha value is -1.51. The molecule has 1 fully saturated rings. The van der Waals surface area contributed by atoms with Crippen molar-refractivity contribution in [3.8, 4) is 0 Å². The lowest BCUT2D eigenvalue weighted by Crippen LogP contribution is -2.39. The SMILES string of the molecule is CC(=O)Nc1ccn([C@@H]2O[C@H](CO)C(OP(OCCOCCSC(=O)C(C)C)N(C(C)C)C(C)C)[C@@H]2F)c(=O)n1. The van der Waals surface area contributed by atoms with E-state index in [1.54, 1.807) is 0 Å². The molecule has 40 heavy (non-hydrogen) atoms. The molecule has 2 unspecified atom stereocenters. The maximum atomic E-state index is 15.8. The van der Waals surface area contributed by atoms with Crippen LogP contribution < -0.4 is 11.0 Å². The van der Waals surface area contributed by atoms with Gasteiger partial charge in [0.2, 0.25) is 5.91 Å². The number of nitrogens with zero attached hydrogens (tertiary/aromatic N) is 3. The van der Waals surface area contributed by atoms with Crippen LogP contribution in [0.5, 0.6) is 0 Å². The monoisotopic (exact) mass is 608 g/mol. The second-order valence-corrected chi connectivity index (χ2v) is 12.5. The largest absolute Gasteiger partial charge is 0.394 e. The molecule has 5 atom stereocenters. The normalized spacial score (nSPS) is 22.0. The van der Waals surface area contributed by atoms with Crippen LogP contribution in [0, 0.1) is 5.92 Å². The molecule has 1 aromatic rings. The zero-order chi connectivity index (χ0) is 30.0. The molecule has 1 aliphatic heterocycles. The van der Waals surface area contributed by atoms with Gasteiger partial charge in [0.1, 0.15) is 18.0 Å². The molecule has 12 nitrogen and oxygen atoms in total. The van der Waals surface area contributed by atoms with Crippen molar-refractivity contribution in [1.82, 2.24) is 14.2 Å². The Kier molecular flexibility index (Phi) is 14.6. The van der Waals surface area contributed by atoms with Crippen LogP contribution in [0.15, 0.2) is 17.1 Å². The molecule has 0 saturated carbocycles. The van der Waals surface area contributed by atoms with Gasteiger partial charge in [0.25, 0.3) is 8.53 Å². The van der Waals surface area contributed by atoms with Gasteiger partial charge in [-0.25, -0.2) is 13.9 Å². The smallest absolute Gasteiger partial charge is 0.351 e. The van der Waals surface area contributed by atoms with Gasteiger partial charge in [-0.15, -0.1) is 0 Å². The predicted octanol–water partition coefficient (Wildman–Crippen LogP) is 3.11. The summed E-state index contributed by atoms with van der Waals surface area (Å²) in [5.74, 6) is 0.126. The molecule has 2 heterocycles. The molecule has 0 spiro atoms. The lowest BCUT2D eigenvalue weighted by Gasteiger charge is -2.37. The number of aromatic nitrogens is 2. The topological polar surface area (TPSA) is 141 Å². The van der Waals surface area contributed by atoms with Crippen molar-refractivity contribution in [3.63, 3.8) is 0 Å². The molecular formula is C25H42FN4O8PS. The van der Waals surface area contributed by atoms with E-state index in [9.17, 15) is 19.5 Å². The summed E-state index contributed by atoms with van der Waals surface area (Å²) in [5.41, 5.74) is -0.828. The summed E-state index contributed by atoms with van der Waals surface area (Å²) in [7, 11) is -1.81. The Morgan fingerprint density at radius 2 is 1.90 bits per heavy atom. The first-order chi connectivity index (χ1) is 18.9. The van der Waals surface area contributed by atoms with E-state index in [-0.39, 0.29) is 42.1 Å². The lowest BCUT2D eigenvalue weighted by atomic mass is 10.1. The Labute approximate surface area is 240 Å². The fraction of sp³-hybridized carbons (Fsp3) is 0.760. The molecule has 228 valence electrons. The average molecular weight is 609 g/mol. The van der Waals surface area contributed by atoms with E-state index in [0.717, 1.165) is 4.57 Å². The van der Waals surface area contributed by atoms with Crippen molar-refractivity contribution in [1.29, 1.82) is 0 Å². The molecule has 1 aliphatic rings. The fourth-order valence-corrected chi connectivity index (χ4v) is 6.40. The summed E-state index contributed by atoms with van der Waals surface area (Å²) >= 11 is 1.23. The Morgan fingerprint density at radius 1 is 1.23 bits per heavy atom. The average Bonchev–Trinajstić information content (AvgIpc) is 3.17. The highest BCUT2D eigenvalue weighted by molar-refractivity contribution is 8.13. The van der Waals surface area contributed by atoms with Crippen LogP contribution in [0.25, 0.3) is 0 Å². The zero-order valence-electron chi connectivity index (χ0n) is 24.1. The molecule has 0 bridgehead atoms. The van der Waals surface area contributed by atoms with Crippen LogP contribution in [0.3, 0.4) is 0 Å². The van der Waals surface area contributed by atoms with E-state index in [2.05, 4.69) is 10.3 Å². The summed E-state index contributed by atoms with van der Waals surface area (Å²) < 4.78 is 42.3. The maximum Gasteiger partial charge on any atom is 0.351 e. The minimum atomic E-state index is -1.83. The van der Waals surface area contributed by atoms with E-state index in [1.807, 2.05) is 46.2 Å². The van der Waals surface area contributed by atoms with E-state index in [0.29, 0.717) is 12.4 Å². The number of carbonyl (C=O) groups is 2. The van der Waals surface area contributed by atoms with Crippen molar-refractivity contribution in [2.45, 2.75) is 85.2 Å². The first-order valence-electron chi connectivity index (χ1n) is 13.3. The number of anilines is 1. The van der Waals surface area contributed by atoms with Crippen LogP contribution in [0.4, 0.5) is 10.2 Å². The van der Waals surface area contributed by atoms with Gasteiger partial charge in [-0.1, -0.05) is 25.6 Å². The van der Waals surface area contributed by atoms with Crippen LogP contribution in [0.1, 0.15) is 54.7 Å². The third-order valence-electron chi connectivity index (χ3n) is 5.69. The van der Waals surface area contributed by atoms with Crippen LogP contribution >= 0.6 is 20.3 Å². The van der Waals surface area contributed by atoms with Gasteiger partial charge in [0.05, 0.1) is 26.4 Å². The molecule has 1 saturated heterocycles. The van der Waals surface area contributed by atoms with Crippen LogP contribution in [0.2, 0.25) is 0 Å². The van der Waals surface area contributed by atoms with Crippen molar-refractivity contribution in [2.75, 3.05) is 37.5 Å². The van der Waals surface area contributed by atoms with Crippen molar-refractivity contribution in [3.05, 3.63) is 22.7 Å². The highest BCUT2D eigenvalue weighted by Gasteiger charge is 2.49. The highest BCUT2D eigenvalue weighted by Crippen LogP contribution is 2.50. The highest BCUT2D eigenvalue weighted by atomic mass is 32.2. The number of carbonyl (C=O) groups excluding carboxylic acids is 2. The number of ether oxygens (including phenoxy) is 2. The van der Waals surface area contributed by atoms with Gasteiger partial charge in [0.15, 0.2) is 17.5 Å². The predicted molar refractivity (Wildman–Crippen MR) is 152 cm³/mol. The Morgan fingerprint density at radius 3 is 2.45 bits per heavy atom. The maximum absolute atomic E-state index is 15.8. The number of rotatable bonds is 16. The molecule has 0 radical (unpaired) electrons. The van der Waals surface area contributed by atoms with Gasteiger partial charge >= 0.3 is 5.69 Å². The van der Waals surface area contributed by atoms with Crippen molar-refractivity contribution in [2.24, 2.45) is 5.92 Å². The van der Waals surface area contributed by atoms with E-state index in [1.165, 1.54) is 30.9 Å². The third kappa shape index (κ3) is 10.1. The van der Waals surface area contributed by atoms with Gasteiger partial charge in [-0.05, 0) is 33.8 Å². The number of hydrogen-bond acceptors (Lipinski definition) is 11. The number of nitrogens with one attached hydrogen (secondary N) is 1. The van der Waals surface area contributed by atoms with Gasteiger partial charge in [-0.3, -0.25) is 14.2 Å². The van der Waals surface area contributed by atoms with Crippen molar-refractivity contribution >= 4 is 37.1 Å². The van der Waals surface area contributed by atoms with Crippen LogP contribution in [-0.4, -0.2) is 93.0 Å². The minimum absolute atomic E-state index is 0.0117. The van der Waals surface area contributed by atoms with Crippen molar-refractivity contribution < 1.29 is 37.6 Å². The summed E-state index contributed by atoms with van der Waals surface area (Å²) in [6, 6.07) is 1.33. The van der Waals surface area contributed by atoms with Crippen LogP contribution in [-0.2, 0) is 28.1 Å². The second-order valence-electron chi connectivity index (χ2n) is 10.0. The molecule has 15 heteroatoms. The molecule has 2 N–H and O–H groups in total. The molecular weight excluding hydrogens is 566 g/mol. The number of thioether (sulfide) groups is 1. The number of hydrogen-bond donors (Lipinski definition) is 2. The standard InChI is InChI=1S/C25H42FN4O8PS/c1-15(2)24(33)40-13-12-35-10-11-36-39(30(16(3)4)17(5)6)38-22-19(14-31)37-23(21(22)26)29-9-8-20(27-18(7)32)28-25(29)34/h8-9,15-17,19,21-23,31H,10-14H2,1-7H3,(H,27,28,32,34)/t19-,21+,22?,23-,39?/m1/s1. The summed E-state index contributed by atoms with van der Waals surface area (Å²) in [6.07, 6.45) is -4.26. The van der Waals surface area contributed by atoms with Gasteiger partial charge in [-0.2, -0.15) is 4.98 Å². The van der Waals surface area contributed by atoms with Gasteiger partial charge in [0, 0.05) is 36.9 Å². The number of halogens is 1. The first-order valence-corrected chi connectivity index (χ1v) is 15.4. The van der Waals surface area contributed by atoms with E-state index in [4.69, 9.17) is 18.5 Å². The lowest BCUT2D eigenvalue weighted by molar-refractivity contribution is -0.114. The molecule has 0 aliphatic carbocycles.